The molecule has 0 bridgehead atoms. The molecule has 0 fully saturated rings. The second-order valence-electron chi connectivity index (χ2n) is 5.53. The number of hydrogen-bond donors (Lipinski definition) is 1. The predicted octanol–water partition coefficient (Wildman–Crippen LogP) is 5.08. The largest absolute Gasteiger partial charge is 0.446 e. The Labute approximate surface area is 150 Å². The number of aliphatic imine (C=N–C) groups is 1. The number of anilines is 1. The van der Waals surface area contributed by atoms with Gasteiger partial charge in [0.2, 0.25) is 5.88 Å². The van der Waals surface area contributed by atoms with E-state index in [1.165, 1.54) is 18.4 Å². The van der Waals surface area contributed by atoms with Crippen LogP contribution >= 0.6 is 15.9 Å². The van der Waals surface area contributed by atoms with E-state index in [0.29, 0.717) is 16.2 Å². The summed E-state index contributed by atoms with van der Waals surface area (Å²) >= 11 is 3.40. The molecule has 2 heterocycles. The Morgan fingerprint density at radius 3 is 2.60 bits per heavy atom. The smallest absolute Gasteiger partial charge is 0.227 e. The lowest BCUT2D eigenvalue weighted by atomic mass is 10.0. The van der Waals surface area contributed by atoms with Crippen LogP contribution in [0.3, 0.4) is 0 Å². The van der Waals surface area contributed by atoms with Crippen molar-refractivity contribution in [2.24, 2.45) is 10.7 Å². The van der Waals surface area contributed by atoms with Crippen molar-refractivity contribution < 1.29 is 13.2 Å². The summed E-state index contributed by atoms with van der Waals surface area (Å²) in [5.74, 6) is -1.27. The van der Waals surface area contributed by atoms with Gasteiger partial charge >= 0.3 is 0 Å². The molecule has 0 saturated heterocycles. The Balaban J connectivity index is 1.70. The van der Waals surface area contributed by atoms with Crippen molar-refractivity contribution >= 4 is 32.2 Å². The molecule has 1 aliphatic rings. The Hall–Kier alpha value is -2.51. The van der Waals surface area contributed by atoms with Crippen LogP contribution in [0, 0.1) is 11.6 Å². The van der Waals surface area contributed by atoms with Crippen LogP contribution in [0.5, 0.6) is 0 Å². The third kappa shape index (κ3) is 2.65. The minimum Gasteiger partial charge on any atom is -0.446 e. The van der Waals surface area contributed by atoms with Crippen LogP contribution in [-0.2, 0) is 0 Å². The maximum absolute atomic E-state index is 14.0. The van der Waals surface area contributed by atoms with Crippen LogP contribution in [-0.4, -0.2) is 4.74 Å². The number of rotatable bonds is 2. The number of benzene rings is 2. The van der Waals surface area contributed by atoms with Gasteiger partial charge in [0.25, 0.3) is 0 Å². The fourth-order valence-electron chi connectivity index (χ4n) is 2.81. The molecule has 25 heavy (non-hydrogen) atoms. The summed E-state index contributed by atoms with van der Waals surface area (Å²) in [5.41, 5.74) is 8.60. The molecule has 2 aromatic carbocycles. The van der Waals surface area contributed by atoms with Gasteiger partial charge in [-0.2, -0.15) is 4.99 Å². The summed E-state index contributed by atoms with van der Waals surface area (Å²) in [6.07, 6.45) is 1.06. The van der Waals surface area contributed by atoms with Crippen molar-refractivity contribution in [2.45, 2.75) is 6.17 Å². The molecule has 3 aromatic rings. The molecule has 0 saturated carbocycles. The van der Waals surface area contributed by atoms with Crippen LogP contribution in [0.15, 0.2) is 64.2 Å². The van der Waals surface area contributed by atoms with Gasteiger partial charge < -0.3 is 15.1 Å². The normalized spacial score (nSPS) is 16.6. The zero-order valence-corrected chi connectivity index (χ0v) is 14.4. The Morgan fingerprint density at radius 2 is 1.84 bits per heavy atom. The van der Waals surface area contributed by atoms with Gasteiger partial charge in [-0.25, -0.2) is 8.78 Å². The summed E-state index contributed by atoms with van der Waals surface area (Å²) in [7, 11) is 0. The van der Waals surface area contributed by atoms with Crippen LogP contribution < -0.4 is 10.6 Å². The maximum atomic E-state index is 14.0. The highest BCUT2D eigenvalue weighted by atomic mass is 79.9. The Bertz CT molecular complexity index is 969. The molecule has 2 N–H and O–H groups in total. The third-order valence-electron chi connectivity index (χ3n) is 4.07. The van der Waals surface area contributed by atoms with Gasteiger partial charge in [0.15, 0.2) is 16.4 Å². The van der Waals surface area contributed by atoms with E-state index in [1.54, 1.807) is 35.2 Å². The van der Waals surface area contributed by atoms with E-state index in [0.717, 1.165) is 17.3 Å². The highest BCUT2D eigenvalue weighted by Crippen LogP contribution is 2.37. The van der Waals surface area contributed by atoms with Crippen molar-refractivity contribution in [1.29, 1.82) is 0 Å². The summed E-state index contributed by atoms with van der Waals surface area (Å²) in [5, 5.41) is 0. The fraction of sp³-hybridized carbons (Fsp3) is 0.0556. The Kier molecular flexibility index (Phi) is 3.89. The molecular weight excluding hydrogens is 392 g/mol. The average molecular weight is 404 g/mol. The lowest BCUT2D eigenvalue weighted by Crippen LogP contribution is -2.38. The van der Waals surface area contributed by atoms with Gasteiger partial charge in [-0.3, -0.25) is 0 Å². The van der Waals surface area contributed by atoms with Crippen molar-refractivity contribution in [2.75, 3.05) is 4.90 Å². The van der Waals surface area contributed by atoms with Crippen LogP contribution in [0.1, 0.15) is 11.7 Å². The van der Waals surface area contributed by atoms with Gasteiger partial charge in [-0.1, -0.05) is 24.3 Å². The molecule has 126 valence electrons. The van der Waals surface area contributed by atoms with E-state index < -0.39 is 17.8 Å². The fourth-order valence-corrected chi connectivity index (χ4v) is 3.40. The van der Waals surface area contributed by atoms with Gasteiger partial charge in [0.05, 0.1) is 11.8 Å². The molecule has 0 aliphatic carbocycles. The van der Waals surface area contributed by atoms with E-state index in [1.807, 2.05) is 0 Å². The van der Waals surface area contributed by atoms with E-state index >= 15 is 0 Å². The Morgan fingerprint density at radius 1 is 1.08 bits per heavy atom. The average Bonchev–Trinajstić information content (AvgIpc) is 3.07. The molecule has 1 atom stereocenters. The topological polar surface area (TPSA) is 54.8 Å². The molecule has 1 aliphatic heterocycles. The molecule has 1 unspecified atom stereocenters. The van der Waals surface area contributed by atoms with Crippen molar-refractivity contribution in [3.8, 4) is 11.1 Å². The van der Waals surface area contributed by atoms with Crippen molar-refractivity contribution in [3.05, 3.63) is 72.0 Å². The van der Waals surface area contributed by atoms with E-state index in [9.17, 15) is 8.78 Å². The van der Waals surface area contributed by atoms with Crippen LogP contribution in [0.4, 0.5) is 20.4 Å². The third-order valence-corrected chi connectivity index (χ3v) is 4.63. The molecule has 7 heteroatoms. The lowest BCUT2D eigenvalue weighted by molar-refractivity contribution is 0.511. The minimum absolute atomic E-state index is 0.208. The number of halogens is 3. The van der Waals surface area contributed by atoms with Gasteiger partial charge in [-0.05, 0) is 45.8 Å². The summed E-state index contributed by atoms with van der Waals surface area (Å²) in [6, 6.07) is 12.9. The molecule has 4 nitrogen and oxygen atoms in total. The summed E-state index contributed by atoms with van der Waals surface area (Å²) in [6.45, 7) is 0. The first-order chi connectivity index (χ1) is 12.1. The van der Waals surface area contributed by atoms with Crippen LogP contribution in [0.2, 0.25) is 0 Å². The number of hydrogen-bond acceptors (Lipinski definition) is 4. The minimum atomic E-state index is -0.873. The SMILES string of the molecule is NC1c2ccoc2N=C(Br)N1c1ccc(-c2cccc(F)c2F)cc1. The predicted molar refractivity (Wildman–Crippen MR) is 95.9 cm³/mol. The number of nitrogens with zero attached hydrogens (tertiary/aromatic N) is 2. The quantitative estimate of drug-likeness (QED) is 0.606. The highest BCUT2D eigenvalue weighted by Gasteiger charge is 2.29. The first-order valence-corrected chi connectivity index (χ1v) is 8.26. The molecule has 1 aromatic heterocycles. The van der Waals surface area contributed by atoms with Gasteiger partial charge in [0.1, 0.15) is 6.17 Å². The highest BCUT2D eigenvalue weighted by molar-refractivity contribution is 9.18. The molecular formula is C18H12BrF2N3O. The zero-order chi connectivity index (χ0) is 17.6. The number of fused-ring (bicyclic) bond motifs is 1. The molecule has 0 radical (unpaired) electrons. The summed E-state index contributed by atoms with van der Waals surface area (Å²) < 4.78 is 33.2. The first-order valence-electron chi connectivity index (χ1n) is 7.47. The molecule has 0 amide bonds. The monoisotopic (exact) mass is 403 g/mol. The van der Waals surface area contributed by atoms with E-state index in [-0.39, 0.29) is 5.56 Å². The number of amidine groups is 1. The lowest BCUT2D eigenvalue weighted by Gasteiger charge is -2.31. The van der Waals surface area contributed by atoms with Gasteiger partial charge in [-0.15, -0.1) is 0 Å². The standard InChI is InChI=1S/C18H12BrF2N3O/c19-18-23-17-13(8-9-25-17)16(22)24(18)11-6-4-10(5-7-11)12-2-1-3-14(20)15(12)21/h1-9,16H,22H2. The molecule has 4 rings (SSSR count). The second-order valence-corrected chi connectivity index (χ2v) is 6.23. The van der Waals surface area contributed by atoms with Crippen LogP contribution in [0.25, 0.3) is 11.1 Å². The first kappa shape index (κ1) is 16.0. The summed E-state index contributed by atoms with van der Waals surface area (Å²) in [4.78, 5) is 6.10. The van der Waals surface area contributed by atoms with Crippen molar-refractivity contribution in [1.82, 2.24) is 0 Å². The molecule has 0 spiro atoms. The van der Waals surface area contributed by atoms with Crippen molar-refractivity contribution in [3.63, 3.8) is 0 Å². The maximum Gasteiger partial charge on any atom is 0.227 e. The van der Waals surface area contributed by atoms with E-state index in [2.05, 4.69) is 20.9 Å². The second kappa shape index (κ2) is 6.09. The number of furan rings is 1. The van der Waals surface area contributed by atoms with E-state index in [4.69, 9.17) is 10.2 Å². The van der Waals surface area contributed by atoms with Gasteiger partial charge in [0, 0.05) is 11.3 Å². The number of nitrogens with two attached hydrogens (primary N) is 1. The zero-order valence-electron chi connectivity index (χ0n) is 12.8.